The van der Waals surface area contributed by atoms with E-state index in [1.54, 1.807) is 6.92 Å². The number of hydrogen-bond donors (Lipinski definition) is 1. The Kier molecular flexibility index (Phi) is 3.46. The molecule has 1 aromatic heterocycles. The van der Waals surface area contributed by atoms with Crippen LogP contribution in [0.3, 0.4) is 0 Å². The lowest BCUT2D eigenvalue weighted by molar-refractivity contribution is -0.137. The van der Waals surface area contributed by atoms with Gasteiger partial charge in [-0.1, -0.05) is 11.6 Å². The van der Waals surface area contributed by atoms with Crippen LogP contribution in [-0.4, -0.2) is 20.2 Å². The van der Waals surface area contributed by atoms with Crippen molar-refractivity contribution >= 4 is 11.6 Å². The van der Waals surface area contributed by atoms with Crippen molar-refractivity contribution in [1.82, 2.24) is 20.2 Å². The predicted octanol–water partition coefficient (Wildman–Crippen LogP) is 2.35. The number of nitrogens with zero attached hydrogens (tertiary/aromatic N) is 4. The zero-order valence-corrected chi connectivity index (χ0v) is 10.4. The van der Waals surface area contributed by atoms with Crippen molar-refractivity contribution in [2.24, 2.45) is 5.73 Å². The molecule has 0 radical (unpaired) electrons. The standard InChI is InChI=1S/C10H9ClF3N5/c1-5(15)9-16-17-18-19(9)8-3-6(10(12,13)14)2-7(11)4-8/h2-5H,15H2,1H3. The summed E-state index contributed by atoms with van der Waals surface area (Å²) in [5, 5.41) is 10.6. The van der Waals surface area contributed by atoms with Crippen molar-refractivity contribution in [3.05, 3.63) is 34.6 Å². The van der Waals surface area contributed by atoms with Crippen LogP contribution in [0, 0.1) is 0 Å². The third kappa shape index (κ3) is 2.85. The third-order valence-corrected chi connectivity index (χ3v) is 2.57. The Bertz CT molecular complexity index is 593. The minimum atomic E-state index is -4.50. The van der Waals surface area contributed by atoms with Crippen LogP contribution in [0.4, 0.5) is 13.2 Å². The topological polar surface area (TPSA) is 69.6 Å². The molecule has 102 valence electrons. The van der Waals surface area contributed by atoms with E-state index >= 15 is 0 Å². The summed E-state index contributed by atoms with van der Waals surface area (Å²) in [5.74, 6) is 0.246. The molecule has 0 bridgehead atoms. The van der Waals surface area contributed by atoms with Gasteiger partial charge in [-0.2, -0.15) is 17.9 Å². The number of benzene rings is 1. The molecule has 0 fully saturated rings. The number of rotatable bonds is 2. The zero-order valence-electron chi connectivity index (χ0n) is 9.69. The second-order valence-electron chi connectivity index (χ2n) is 3.93. The first kappa shape index (κ1) is 13.8. The molecular weight excluding hydrogens is 283 g/mol. The number of alkyl halides is 3. The van der Waals surface area contributed by atoms with E-state index in [9.17, 15) is 13.2 Å². The first-order chi connectivity index (χ1) is 8.79. The van der Waals surface area contributed by atoms with E-state index in [4.69, 9.17) is 17.3 Å². The normalized spacial score (nSPS) is 13.6. The lowest BCUT2D eigenvalue weighted by atomic mass is 10.2. The Morgan fingerprint density at radius 3 is 2.58 bits per heavy atom. The molecule has 9 heteroatoms. The number of tetrazole rings is 1. The smallest absolute Gasteiger partial charge is 0.321 e. The van der Waals surface area contributed by atoms with E-state index < -0.39 is 17.8 Å². The Morgan fingerprint density at radius 1 is 1.32 bits per heavy atom. The number of nitrogens with two attached hydrogens (primary N) is 1. The molecular formula is C10H9ClF3N5. The molecule has 1 unspecified atom stereocenters. The van der Waals surface area contributed by atoms with Crippen molar-refractivity contribution in [2.45, 2.75) is 19.1 Å². The summed E-state index contributed by atoms with van der Waals surface area (Å²) in [4.78, 5) is 0. The summed E-state index contributed by atoms with van der Waals surface area (Å²) in [6.45, 7) is 1.62. The summed E-state index contributed by atoms with van der Waals surface area (Å²) in [7, 11) is 0. The highest BCUT2D eigenvalue weighted by Crippen LogP contribution is 2.32. The van der Waals surface area contributed by atoms with Crippen LogP contribution in [0.15, 0.2) is 18.2 Å². The number of halogens is 4. The summed E-state index contributed by atoms with van der Waals surface area (Å²) < 4.78 is 39.2. The highest BCUT2D eigenvalue weighted by molar-refractivity contribution is 6.30. The molecule has 0 aliphatic carbocycles. The van der Waals surface area contributed by atoms with Crippen molar-refractivity contribution in [3.8, 4) is 5.69 Å². The average Bonchev–Trinajstić information content (AvgIpc) is 2.75. The van der Waals surface area contributed by atoms with Crippen LogP contribution in [0.25, 0.3) is 5.69 Å². The Hall–Kier alpha value is -1.67. The molecule has 1 aromatic carbocycles. The maximum atomic E-state index is 12.7. The van der Waals surface area contributed by atoms with E-state index in [-0.39, 0.29) is 16.5 Å². The minimum Gasteiger partial charge on any atom is -0.321 e. The summed E-state index contributed by atoms with van der Waals surface area (Å²) in [6, 6.07) is 2.55. The van der Waals surface area contributed by atoms with Gasteiger partial charge in [0, 0.05) is 5.02 Å². The molecule has 1 heterocycles. The fraction of sp³-hybridized carbons (Fsp3) is 0.300. The molecule has 0 aliphatic rings. The van der Waals surface area contributed by atoms with Gasteiger partial charge in [-0.3, -0.25) is 0 Å². The van der Waals surface area contributed by atoms with Gasteiger partial charge in [0.05, 0.1) is 17.3 Å². The van der Waals surface area contributed by atoms with Crippen LogP contribution < -0.4 is 5.73 Å². The maximum Gasteiger partial charge on any atom is 0.416 e. The van der Waals surface area contributed by atoms with E-state index in [1.807, 2.05) is 0 Å². The van der Waals surface area contributed by atoms with Gasteiger partial charge in [-0.15, -0.1) is 5.10 Å². The fourth-order valence-corrected chi connectivity index (χ4v) is 1.75. The largest absolute Gasteiger partial charge is 0.416 e. The molecule has 19 heavy (non-hydrogen) atoms. The van der Waals surface area contributed by atoms with Crippen LogP contribution in [0.5, 0.6) is 0 Å². The second-order valence-corrected chi connectivity index (χ2v) is 4.37. The highest BCUT2D eigenvalue weighted by atomic mass is 35.5. The molecule has 0 saturated heterocycles. The average molecular weight is 292 g/mol. The van der Waals surface area contributed by atoms with Crippen LogP contribution in [0.2, 0.25) is 5.02 Å². The molecule has 0 saturated carbocycles. The first-order valence-electron chi connectivity index (χ1n) is 5.21. The Labute approximate surface area is 111 Å². The van der Waals surface area contributed by atoms with Gasteiger partial charge < -0.3 is 5.73 Å². The van der Waals surface area contributed by atoms with E-state index in [2.05, 4.69) is 15.5 Å². The minimum absolute atomic E-state index is 0.0593. The molecule has 2 aromatic rings. The third-order valence-electron chi connectivity index (χ3n) is 2.36. The van der Waals surface area contributed by atoms with Gasteiger partial charge in [-0.25, -0.2) is 0 Å². The van der Waals surface area contributed by atoms with Crippen molar-refractivity contribution < 1.29 is 13.2 Å². The highest BCUT2D eigenvalue weighted by Gasteiger charge is 2.31. The summed E-state index contributed by atoms with van der Waals surface area (Å²) in [6.07, 6.45) is -4.50. The van der Waals surface area contributed by atoms with Gasteiger partial charge in [-0.05, 0) is 35.5 Å². The van der Waals surface area contributed by atoms with Crippen molar-refractivity contribution in [3.63, 3.8) is 0 Å². The molecule has 5 nitrogen and oxygen atoms in total. The molecule has 2 rings (SSSR count). The van der Waals surface area contributed by atoms with Gasteiger partial charge >= 0.3 is 6.18 Å². The predicted molar refractivity (Wildman–Crippen MR) is 61.8 cm³/mol. The van der Waals surface area contributed by atoms with E-state index in [0.717, 1.165) is 16.8 Å². The monoisotopic (exact) mass is 291 g/mol. The zero-order chi connectivity index (χ0) is 14.2. The number of aromatic nitrogens is 4. The van der Waals surface area contributed by atoms with E-state index in [0.29, 0.717) is 0 Å². The number of hydrogen-bond acceptors (Lipinski definition) is 4. The first-order valence-corrected chi connectivity index (χ1v) is 5.59. The molecule has 0 aliphatic heterocycles. The van der Waals surface area contributed by atoms with Crippen molar-refractivity contribution in [2.75, 3.05) is 0 Å². The molecule has 1 atom stereocenters. The molecule has 0 amide bonds. The van der Waals surface area contributed by atoms with Crippen LogP contribution in [0.1, 0.15) is 24.4 Å². The van der Waals surface area contributed by atoms with Crippen LogP contribution in [-0.2, 0) is 6.18 Å². The lowest BCUT2D eigenvalue weighted by Gasteiger charge is -2.11. The van der Waals surface area contributed by atoms with Crippen molar-refractivity contribution in [1.29, 1.82) is 0 Å². The Morgan fingerprint density at radius 2 is 2.00 bits per heavy atom. The van der Waals surface area contributed by atoms with Gasteiger partial charge in [0.2, 0.25) is 0 Å². The fourth-order valence-electron chi connectivity index (χ4n) is 1.52. The second kappa shape index (κ2) is 4.78. The van der Waals surface area contributed by atoms with Crippen LogP contribution >= 0.6 is 11.6 Å². The molecule has 2 N–H and O–H groups in total. The van der Waals surface area contributed by atoms with E-state index in [1.165, 1.54) is 6.07 Å². The lowest BCUT2D eigenvalue weighted by Crippen LogP contribution is -2.14. The SMILES string of the molecule is CC(N)c1nnnn1-c1cc(Cl)cc(C(F)(F)F)c1. The quantitative estimate of drug-likeness (QED) is 0.922. The Balaban J connectivity index is 2.57. The maximum absolute atomic E-state index is 12.7. The summed E-state index contributed by atoms with van der Waals surface area (Å²) >= 11 is 5.69. The molecule has 0 spiro atoms. The van der Waals surface area contributed by atoms with Gasteiger partial charge in [0.15, 0.2) is 5.82 Å². The van der Waals surface area contributed by atoms with Gasteiger partial charge in [0.25, 0.3) is 0 Å². The summed E-state index contributed by atoms with van der Waals surface area (Å²) in [5.41, 5.74) is 4.87. The van der Waals surface area contributed by atoms with Gasteiger partial charge in [0.1, 0.15) is 0 Å².